The lowest BCUT2D eigenvalue weighted by Crippen LogP contribution is -2.25. The van der Waals surface area contributed by atoms with E-state index in [1.807, 2.05) is 13.8 Å². The first-order chi connectivity index (χ1) is 9.13. The van der Waals surface area contributed by atoms with Crippen molar-refractivity contribution < 1.29 is 4.74 Å². The lowest BCUT2D eigenvalue weighted by molar-refractivity contribution is -0.000464. The molecule has 4 heteroatoms. The number of H-pyrrole nitrogens is 1. The van der Waals surface area contributed by atoms with Crippen LogP contribution in [0.3, 0.4) is 0 Å². The van der Waals surface area contributed by atoms with Crippen LogP contribution in [0, 0.1) is 19.8 Å². The minimum atomic E-state index is -0.0581. The average Bonchev–Trinajstić information content (AvgIpc) is 2.42. The number of aromatic nitrogens is 2. The molecule has 0 radical (unpaired) electrons. The number of hydrogen-bond donors (Lipinski definition) is 1. The van der Waals surface area contributed by atoms with Crippen molar-refractivity contribution in [2.75, 3.05) is 6.61 Å². The number of rotatable bonds is 4. The third-order valence-corrected chi connectivity index (χ3v) is 4.11. The fraction of sp³-hybridized carbons (Fsp3) is 0.733. The molecule has 0 saturated heterocycles. The van der Waals surface area contributed by atoms with E-state index in [9.17, 15) is 4.79 Å². The molecule has 1 atom stereocenters. The van der Waals surface area contributed by atoms with Crippen molar-refractivity contribution in [1.82, 2.24) is 9.97 Å². The highest BCUT2D eigenvalue weighted by Crippen LogP contribution is 2.35. The van der Waals surface area contributed by atoms with Gasteiger partial charge in [-0.3, -0.25) is 4.79 Å². The van der Waals surface area contributed by atoms with Gasteiger partial charge in [0.05, 0.1) is 0 Å². The summed E-state index contributed by atoms with van der Waals surface area (Å²) in [6.45, 7) is 6.34. The topological polar surface area (TPSA) is 55.0 Å². The highest BCUT2D eigenvalue weighted by molar-refractivity contribution is 5.15. The van der Waals surface area contributed by atoms with E-state index < -0.39 is 0 Å². The van der Waals surface area contributed by atoms with Crippen LogP contribution in [0.2, 0.25) is 0 Å². The van der Waals surface area contributed by atoms with Gasteiger partial charge in [0.15, 0.2) is 0 Å². The molecule has 19 heavy (non-hydrogen) atoms. The van der Waals surface area contributed by atoms with Crippen molar-refractivity contribution in [1.29, 1.82) is 0 Å². The summed E-state index contributed by atoms with van der Waals surface area (Å²) in [6, 6.07) is 0. The molecular formula is C15H24N2O2. The number of ether oxygens (including phenoxy) is 1. The lowest BCUT2D eigenvalue weighted by atomic mass is 9.85. The van der Waals surface area contributed by atoms with Crippen molar-refractivity contribution >= 4 is 0 Å². The number of aryl methyl sites for hydroxylation is 1. The summed E-state index contributed by atoms with van der Waals surface area (Å²) in [5.74, 6) is 1.20. The molecule has 1 fully saturated rings. The van der Waals surface area contributed by atoms with Gasteiger partial charge >= 0.3 is 0 Å². The van der Waals surface area contributed by atoms with Crippen LogP contribution in [0.25, 0.3) is 0 Å². The van der Waals surface area contributed by atoms with Crippen LogP contribution < -0.4 is 5.56 Å². The molecule has 1 N–H and O–H groups in total. The zero-order valence-corrected chi connectivity index (χ0v) is 12.2. The van der Waals surface area contributed by atoms with E-state index >= 15 is 0 Å². The van der Waals surface area contributed by atoms with Gasteiger partial charge < -0.3 is 9.72 Å². The van der Waals surface area contributed by atoms with Gasteiger partial charge in [0.25, 0.3) is 5.56 Å². The van der Waals surface area contributed by atoms with Crippen molar-refractivity contribution in [3.05, 3.63) is 27.4 Å². The molecule has 1 heterocycles. The van der Waals surface area contributed by atoms with Gasteiger partial charge in [0.2, 0.25) is 0 Å². The van der Waals surface area contributed by atoms with Crippen LogP contribution in [-0.4, -0.2) is 16.6 Å². The van der Waals surface area contributed by atoms with Crippen LogP contribution in [0.4, 0.5) is 0 Å². The summed E-state index contributed by atoms with van der Waals surface area (Å²) in [7, 11) is 0. The fourth-order valence-electron chi connectivity index (χ4n) is 2.86. The summed E-state index contributed by atoms with van der Waals surface area (Å²) < 4.78 is 5.88. The Kier molecular flexibility index (Phi) is 4.75. The van der Waals surface area contributed by atoms with E-state index in [-0.39, 0.29) is 11.7 Å². The second kappa shape index (κ2) is 6.33. The Morgan fingerprint density at radius 3 is 2.58 bits per heavy atom. The Balaban J connectivity index is 2.30. The second-order valence-electron chi connectivity index (χ2n) is 5.44. The zero-order valence-electron chi connectivity index (χ0n) is 12.2. The SMILES string of the molecule is CCOC(c1nc(C)c(C)c(=O)[nH]1)C1CCCCC1. The quantitative estimate of drug-likeness (QED) is 0.909. The summed E-state index contributed by atoms with van der Waals surface area (Å²) in [5.41, 5.74) is 1.46. The van der Waals surface area contributed by atoms with Crippen molar-refractivity contribution in [3.63, 3.8) is 0 Å². The molecule has 0 aromatic carbocycles. The first kappa shape index (κ1) is 14.3. The maximum Gasteiger partial charge on any atom is 0.254 e. The van der Waals surface area contributed by atoms with Gasteiger partial charge in [-0.25, -0.2) is 4.98 Å². The minimum absolute atomic E-state index is 0.0389. The summed E-state index contributed by atoms with van der Waals surface area (Å²) >= 11 is 0. The van der Waals surface area contributed by atoms with E-state index in [1.54, 1.807) is 6.92 Å². The maximum atomic E-state index is 11.9. The Morgan fingerprint density at radius 1 is 1.32 bits per heavy atom. The van der Waals surface area contributed by atoms with Crippen LogP contribution in [0.15, 0.2) is 4.79 Å². The predicted octanol–water partition coefficient (Wildman–Crippen LogP) is 3.04. The molecule has 1 aromatic rings. The third kappa shape index (κ3) is 3.24. The van der Waals surface area contributed by atoms with E-state index in [1.165, 1.54) is 32.1 Å². The molecule has 0 aliphatic heterocycles. The standard InChI is InChI=1S/C15H24N2O2/c1-4-19-13(12-8-6-5-7-9-12)14-16-11(3)10(2)15(18)17-14/h12-13H,4-9H2,1-3H3,(H,16,17,18). The molecule has 0 spiro atoms. The Hall–Kier alpha value is -1.16. The monoisotopic (exact) mass is 264 g/mol. The molecule has 1 aliphatic rings. The molecule has 106 valence electrons. The summed E-state index contributed by atoms with van der Waals surface area (Å²) in [6.07, 6.45) is 6.10. The molecule has 1 saturated carbocycles. The summed E-state index contributed by atoms with van der Waals surface area (Å²) in [5, 5.41) is 0. The average molecular weight is 264 g/mol. The van der Waals surface area contributed by atoms with E-state index in [0.29, 0.717) is 23.9 Å². The molecule has 0 amide bonds. The molecule has 2 rings (SSSR count). The molecule has 1 aromatic heterocycles. The fourth-order valence-corrected chi connectivity index (χ4v) is 2.86. The first-order valence-electron chi connectivity index (χ1n) is 7.32. The molecule has 1 aliphatic carbocycles. The number of hydrogen-bond acceptors (Lipinski definition) is 3. The molecule has 0 bridgehead atoms. The van der Waals surface area contributed by atoms with Crippen LogP contribution >= 0.6 is 0 Å². The highest BCUT2D eigenvalue weighted by atomic mass is 16.5. The van der Waals surface area contributed by atoms with Gasteiger partial charge in [-0.2, -0.15) is 0 Å². The minimum Gasteiger partial charge on any atom is -0.370 e. The van der Waals surface area contributed by atoms with Crippen LogP contribution in [0.1, 0.15) is 62.2 Å². The second-order valence-corrected chi connectivity index (χ2v) is 5.44. The van der Waals surface area contributed by atoms with Crippen molar-refractivity contribution in [3.8, 4) is 0 Å². The largest absolute Gasteiger partial charge is 0.370 e. The smallest absolute Gasteiger partial charge is 0.254 e. The number of aromatic amines is 1. The molecule has 1 unspecified atom stereocenters. The van der Waals surface area contributed by atoms with Gasteiger partial charge in [-0.15, -0.1) is 0 Å². The van der Waals surface area contributed by atoms with Crippen LogP contribution in [0.5, 0.6) is 0 Å². The van der Waals surface area contributed by atoms with E-state index in [2.05, 4.69) is 9.97 Å². The van der Waals surface area contributed by atoms with Crippen LogP contribution in [-0.2, 0) is 4.74 Å². The van der Waals surface area contributed by atoms with Gasteiger partial charge in [-0.05, 0) is 39.5 Å². The van der Waals surface area contributed by atoms with E-state index in [0.717, 1.165) is 5.69 Å². The first-order valence-corrected chi connectivity index (χ1v) is 7.32. The number of nitrogens with zero attached hydrogens (tertiary/aromatic N) is 1. The molecular weight excluding hydrogens is 240 g/mol. The van der Waals surface area contributed by atoms with Crippen molar-refractivity contribution in [2.45, 2.75) is 59.0 Å². The third-order valence-electron chi connectivity index (χ3n) is 4.11. The van der Waals surface area contributed by atoms with Crippen molar-refractivity contribution in [2.24, 2.45) is 5.92 Å². The normalized spacial score (nSPS) is 18.5. The Labute approximate surface area is 114 Å². The van der Waals surface area contributed by atoms with Gasteiger partial charge in [-0.1, -0.05) is 19.3 Å². The predicted molar refractivity (Wildman–Crippen MR) is 75.3 cm³/mol. The van der Waals surface area contributed by atoms with Gasteiger partial charge in [0, 0.05) is 17.9 Å². The molecule has 4 nitrogen and oxygen atoms in total. The maximum absolute atomic E-state index is 11.9. The zero-order chi connectivity index (χ0) is 13.8. The Bertz CT molecular complexity index is 476. The Morgan fingerprint density at radius 2 is 2.00 bits per heavy atom. The highest BCUT2D eigenvalue weighted by Gasteiger charge is 2.27. The number of nitrogens with one attached hydrogen (secondary N) is 1. The lowest BCUT2D eigenvalue weighted by Gasteiger charge is -2.29. The van der Waals surface area contributed by atoms with Gasteiger partial charge in [0.1, 0.15) is 11.9 Å². The summed E-state index contributed by atoms with van der Waals surface area (Å²) in [4.78, 5) is 19.4. The van der Waals surface area contributed by atoms with E-state index in [4.69, 9.17) is 4.74 Å².